The summed E-state index contributed by atoms with van der Waals surface area (Å²) in [4.78, 5) is 3.70. The molecule has 0 atom stereocenters. The number of rotatable bonds is 4. The van der Waals surface area contributed by atoms with Gasteiger partial charge >= 0.3 is 0 Å². The molecule has 0 fully saturated rings. The number of aryl methyl sites for hydroxylation is 1. The molecule has 20 heavy (non-hydrogen) atoms. The molecule has 0 spiro atoms. The van der Waals surface area contributed by atoms with Crippen LogP contribution >= 0.6 is 0 Å². The Labute approximate surface area is 115 Å². The standard InChI is InChI=1S/C12H13FN4O2S/c1-8-4-5-9(13)7-10(8)17-20(18,19)11-3-2-6-15-12(11)16-14/h2-7,17H,14H2,1H3,(H,15,16). The van der Waals surface area contributed by atoms with E-state index in [9.17, 15) is 12.8 Å². The molecule has 2 aromatic rings. The fraction of sp³-hybridized carbons (Fsp3) is 0.0833. The second-order valence-corrected chi connectivity index (χ2v) is 5.71. The van der Waals surface area contributed by atoms with Gasteiger partial charge in [-0.2, -0.15) is 0 Å². The summed E-state index contributed by atoms with van der Waals surface area (Å²) >= 11 is 0. The van der Waals surface area contributed by atoms with Crippen LogP contribution in [0.15, 0.2) is 41.4 Å². The second-order valence-electron chi connectivity index (χ2n) is 4.06. The first-order chi connectivity index (χ1) is 9.44. The molecule has 8 heteroatoms. The minimum absolute atomic E-state index is 0.00839. The highest BCUT2D eigenvalue weighted by Gasteiger charge is 2.20. The van der Waals surface area contributed by atoms with Gasteiger partial charge in [-0.1, -0.05) is 6.07 Å². The maximum atomic E-state index is 13.2. The molecule has 2 rings (SSSR count). The number of halogens is 1. The number of aromatic nitrogens is 1. The second kappa shape index (κ2) is 5.43. The van der Waals surface area contributed by atoms with E-state index < -0.39 is 15.8 Å². The fourth-order valence-electron chi connectivity index (χ4n) is 1.62. The minimum Gasteiger partial charge on any atom is -0.307 e. The van der Waals surface area contributed by atoms with Gasteiger partial charge in [0, 0.05) is 6.20 Å². The first-order valence-corrected chi connectivity index (χ1v) is 7.13. The van der Waals surface area contributed by atoms with Gasteiger partial charge in [-0.25, -0.2) is 23.6 Å². The van der Waals surface area contributed by atoms with Crippen LogP contribution in [0.3, 0.4) is 0 Å². The summed E-state index contributed by atoms with van der Waals surface area (Å²) in [5, 5.41) is 0. The highest BCUT2D eigenvalue weighted by molar-refractivity contribution is 7.92. The summed E-state index contributed by atoms with van der Waals surface area (Å²) in [7, 11) is -3.92. The lowest BCUT2D eigenvalue weighted by molar-refractivity contribution is 0.601. The zero-order valence-electron chi connectivity index (χ0n) is 10.6. The molecule has 6 nitrogen and oxygen atoms in total. The van der Waals surface area contributed by atoms with Gasteiger partial charge < -0.3 is 5.43 Å². The van der Waals surface area contributed by atoms with Crippen molar-refractivity contribution in [3.8, 4) is 0 Å². The van der Waals surface area contributed by atoms with Crippen LogP contribution in [0.5, 0.6) is 0 Å². The van der Waals surface area contributed by atoms with E-state index in [-0.39, 0.29) is 16.4 Å². The van der Waals surface area contributed by atoms with Gasteiger partial charge in [0.15, 0.2) is 5.82 Å². The third-order valence-electron chi connectivity index (χ3n) is 2.64. The molecule has 0 aliphatic rings. The molecule has 0 aliphatic heterocycles. The Morgan fingerprint density at radius 3 is 2.75 bits per heavy atom. The number of hydrogen-bond acceptors (Lipinski definition) is 5. The van der Waals surface area contributed by atoms with Crippen LogP contribution in [-0.2, 0) is 10.0 Å². The summed E-state index contributed by atoms with van der Waals surface area (Å²) < 4.78 is 40.1. The zero-order chi connectivity index (χ0) is 14.8. The molecular weight excluding hydrogens is 283 g/mol. The fourth-order valence-corrected chi connectivity index (χ4v) is 2.86. The van der Waals surface area contributed by atoms with Gasteiger partial charge in [0.25, 0.3) is 10.0 Å². The normalized spacial score (nSPS) is 11.2. The van der Waals surface area contributed by atoms with Crippen LogP contribution in [0, 0.1) is 12.7 Å². The summed E-state index contributed by atoms with van der Waals surface area (Å²) in [6, 6.07) is 6.66. The average molecular weight is 296 g/mol. The lowest BCUT2D eigenvalue weighted by Gasteiger charge is -2.12. The molecule has 0 amide bonds. The minimum atomic E-state index is -3.92. The maximum Gasteiger partial charge on any atom is 0.265 e. The van der Waals surface area contributed by atoms with E-state index in [0.717, 1.165) is 6.07 Å². The average Bonchev–Trinajstić information content (AvgIpc) is 2.42. The van der Waals surface area contributed by atoms with Gasteiger partial charge in [-0.15, -0.1) is 0 Å². The molecule has 106 valence electrons. The molecule has 1 aromatic heterocycles. The van der Waals surface area contributed by atoms with E-state index in [1.165, 1.54) is 30.5 Å². The Kier molecular flexibility index (Phi) is 3.86. The van der Waals surface area contributed by atoms with Crippen LogP contribution in [0.25, 0.3) is 0 Å². The summed E-state index contributed by atoms with van der Waals surface area (Å²) in [6.07, 6.45) is 1.40. The van der Waals surface area contributed by atoms with Crippen molar-refractivity contribution in [2.24, 2.45) is 5.84 Å². The third kappa shape index (κ3) is 2.86. The van der Waals surface area contributed by atoms with Crippen molar-refractivity contribution in [1.29, 1.82) is 0 Å². The highest BCUT2D eigenvalue weighted by atomic mass is 32.2. The number of nitrogens with two attached hydrogens (primary N) is 1. The maximum absolute atomic E-state index is 13.2. The number of hydrazine groups is 1. The van der Waals surface area contributed by atoms with Crippen molar-refractivity contribution in [3.05, 3.63) is 47.9 Å². The van der Waals surface area contributed by atoms with Gasteiger partial charge in [0.2, 0.25) is 0 Å². The van der Waals surface area contributed by atoms with E-state index >= 15 is 0 Å². The van der Waals surface area contributed by atoms with Crippen LogP contribution < -0.4 is 16.0 Å². The van der Waals surface area contributed by atoms with Crippen molar-refractivity contribution >= 4 is 21.5 Å². The number of nitrogens with one attached hydrogen (secondary N) is 2. The van der Waals surface area contributed by atoms with Crippen LogP contribution in [0.2, 0.25) is 0 Å². The van der Waals surface area contributed by atoms with Gasteiger partial charge in [-0.3, -0.25) is 4.72 Å². The van der Waals surface area contributed by atoms with Crippen molar-refractivity contribution < 1.29 is 12.8 Å². The Morgan fingerprint density at radius 2 is 2.05 bits per heavy atom. The molecule has 0 radical (unpaired) electrons. The van der Waals surface area contributed by atoms with Gasteiger partial charge in [0.1, 0.15) is 10.7 Å². The quantitative estimate of drug-likeness (QED) is 0.588. The molecule has 0 saturated carbocycles. The number of anilines is 2. The van der Waals surface area contributed by atoms with E-state index in [0.29, 0.717) is 5.56 Å². The number of benzene rings is 1. The van der Waals surface area contributed by atoms with Crippen molar-refractivity contribution in [3.63, 3.8) is 0 Å². The van der Waals surface area contributed by atoms with E-state index in [2.05, 4.69) is 15.1 Å². The lowest BCUT2D eigenvalue weighted by Crippen LogP contribution is -2.19. The monoisotopic (exact) mass is 296 g/mol. The van der Waals surface area contributed by atoms with Crippen molar-refractivity contribution in [2.45, 2.75) is 11.8 Å². The molecular formula is C12H13FN4O2S. The number of nitrogens with zero attached hydrogens (tertiary/aromatic N) is 1. The molecule has 0 aliphatic carbocycles. The summed E-state index contributed by atoms with van der Waals surface area (Å²) in [6.45, 7) is 1.67. The van der Waals surface area contributed by atoms with E-state index in [1.807, 2.05) is 0 Å². The molecule has 0 unspecified atom stereocenters. The number of hydrogen-bond donors (Lipinski definition) is 3. The topological polar surface area (TPSA) is 97.1 Å². The van der Waals surface area contributed by atoms with E-state index in [1.54, 1.807) is 6.92 Å². The molecule has 0 saturated heterocycles. The van der Waals surface area contributed by atoms with Gasteiger partial charge in [0.05, 0.1) is 5.69 Å². The Balaban J connectivity index is 2.43. The summed E-state index contributed by atoms with van der Waals surface area (Å²) in [5.74, 6) is 4.71. The third-order valence-corrected chi connectivity index (χ3v) is 4.04. The molecule has 4 N–H and O–H groups in total. The number of pyridine rings is 1. The van der Waals surface area contributed by atoms with Gasteiger partial charge in [-0.05, 0) is 36.8 Å². The first-order valence-electron chi connectivity index (χ1n) is 5.64. The zero-order valence-corrected chi connectivity index (χ0v) is 11.4. The van der Waals surface area contributed by atoms with Crippen molar-refractivity contribution in [2.75, 3.05) is 10.1 Å². The first kappa shape index (κ1) is 14.2. The lowest BCUT2D eigenvalue weighted by atomic mass is 10.2. The Bertz CT molecular complexity index is 734. The summed E-state index contributed by atoms with van der Waals surface area (Å²) in [5.41, 5.74) is 2.97. The van der Waals surface area contributed by atoms with Crippen LogP contribution in [0.1, 0.15) is 5.56 Å². The molecule has 1 aromatic carbocycles. The molecule has 0 bridgehead atoms. The Hall–Kier alpha value is -2.19. The number of sulfonamides is 1. The largest absolute Gasteiger partial charge is 0.307 e. The predicted molar refractivity (Wildman–Crippen MR) is 74.0 cm³/mol. The predicted octanol–water partition coefficient (Wildman–Crippen LogP) is 1.62. The SMILES string of the molecule is Cc1ccc(F)cc1NS(=O)(=O)c1cccnc1NN. The Morgan fingerprint density at radius 1 is 1.30 bits per heavy atom. The van der Waals surface area contributed by atoms with Crippen molar-refractivity contribution in [1.82, 2.24) is 4.98 Å². The van der Waals surface area contributed by atoms with Crippen LogP contribution in [0.4, 0.5) is 15.9 Å². The number of nitrogen functional groups attached to an aromatic ring is 1. The molecule has 1 heterocycles. The van der Waals surface area contributed by atoms with Crippen LogP contribution in [-0.4, -0.2) is 13.4 Å². The smallest absolute Gasteiger partial charge is 0.265 e. The van der Waals surface area contributed by atoms with E-state index in [4.69, 9.17) is 5.84 Å². The highest BCUT2D eigenvalue weighted by Crippen LogP contribution is 2.23.